The number of likely N-dealkylation sites (tertiary alicyclic amines) is 1. The number of carbonyl (C=O) groups excluding carboxylic acids is 2. The number of pyridine rings is 1. The number of hydrogen-bond acceptors (Lipinski definition) is 6. The van der Waals surface area contributed by atoms with Crippen molar-refractivity contribution in [3.05, 3.63) is 47.4 Å². The summed E-state index contributed by atoms with van der Waals surface area (Å²) in [5.41, 5.74) is 6.60. The fraction of sp³-hybridized carbons (Fsp3) is 0.348. The number of nitrogens with two attached hydrogens (primary N) is 1. The number of anilines is 1. The van der Waals surface area contributed by atoms with E-state index in [9.17, 15) is 14.0 Å². The third kappa shape index (κ3) is 7.34. The van der Waals surface area contributed by atoms with Crippen molar-refractivity contribution >= 4 is 17.5 Å². The number of nitrogens with zero attached hydrogens (tertiary/aromatic N) is 2. The maximum absolute atomic E-state index is 14.1. The predicted molar refractivity (Wildman–Crippen MR) is 121 cm³/mol. The molecule has 1 aliphatic rings. The average Bonchev–Trinajstić information content (AvgIpc) is 3.10. The Morgan fingerprint density at radius 3 is 2.53 bits per heavy atom. The molecule has 1 aromatic carbocycles. The summed E-state index contributed by atoms with van der Waals surface area (Å²) in [6.07, 6.45) is 5.18. The van der Waals surface area contributed by atoms with Gasteiger partial charge >= 0.3 is 0 Å². The van der Waals surface area contributed by atoms with Gasteiger partial charge in [-0.05, 0) is 25.5 Å². The molecule has 0 radical (unpaired) electrons. The van der Waals surface area contributed by atoms with Crippen molar-refractivity contribution < 1.29 is 23.8 Å². The number of amides is 2. The molecular weight excluding hydrogens is 415 g/mol. The second kappa shape index (κ2) is 13.0. The number of nitrogens with one attached hydrogen (secondary N) is 1. The molecule has 3 rings (SSSR count). The molecule has 0 spiro atoms. The van der Waals surface area contributed by atoms with Gasteiger partial charge in [0.15, 0.2) is 11.5 Å². The summed E-state index contributed by atoms with van der Waals surface area (Å²) in [5.74, 6) is 1.02. The van der Waals surface area contributed by atoms with E-state index < -0.39 is 17.8 Å². The number of primary amides is 1. The van der Waals surface area contributed by atoms with E-state index in [2.05, 4.69) is 21.0 Å². The first-order valence-corrected chi connectivity index (χ1v) is 9.87. The molecule has 1 aliphatic heterocycles. The maximum Gasteiger partial charge on any atom is 0.269 e. The van der Waals surface area contributed by atoms with Crippen LogP contribution in [0.3, 0.4) is 0 Å². The van der Waals surface area contributed by atoms with Crippen LogP contribution in [0.2, 0.25) is 0 Å². The van der Waals surface area contributed by atoms with Crippen molar-refractivity contribution in [2.75, 3.05) is 39.7 Å². The molecule has 2 heterocycles. The highest BCUT2D eigenvalue weighted by atomic mass is 19.1. The number of benzene rings is 1. The van der Waals surface area contributed by atoms with Gasteiger partial charge in [0.2, 0.25) is 0 Å². The number of carbonyl (C=O) groups is 2. The molecule has 0 aliphatic carbocycles. The number of terminal acetylenes is 1. The van der Waals surface area contributed by atoms with Crippen LogP contribution in [0, 0.1) is 18.2 Å². The fourth-order valence-electron chi connectivity index (χ4n) is 2.63. The first kappa shape index (κ1) is 26.6. The number of hydrogen-bond donors (Lipinski definition) is 3. The van der Waals surface area contributed by atoms with Gasteiger partial charge in [-0.15, -0.1) is 6.42 Å². The quantitative estimate of drug-likeness (QED) is 0.620. The zero-order valence-electron chi connectivity index (χ0n) is 18.7. The highest BCUT2D eigenvalue weighted by Gasteiger charge is 2.26. The Morgan fingerprint density at radius 1 is 1.47 bits per heavy atom. The zero-order chi connectivity index (χ0) is 24.3. The average molecular weight is 445 g/mol. The minimum absolute atomic E-state index is 0.0185. The number of aliphatic hydroxyl groups is 1. The first-order chi connectivity index (χ1) is 15.2. The number of methoxy groups -OCH3 is 1. The van der Waals surface area contributed by atoms with Crippen molar-refractivity contribution in [1.82, 2.24) is 9.88 Å². The van der Waals surface area contributed by atoms with Crippen molar-refractivity contribution in [2.45, 2.75) is 19.4 Å². The van der Waals surface area contributed by atoms with Crippen LogP contribution in [0.15, 0.2) is 30.3 Å². The summed E-state index contributed by atoms with van der Waals surface area (Å²) >= 11 is 0. The number of likely N-dealkylation sites (N-methyl/N-ethyl adjacent to an activating group) is 1. The van der Waals surface area contributed by atoms with E-state index in [0.29, 0.717) is 24.1 Å². The Labute approximate surface area is 187 Å². The van der Waals surface area contributed by atoms with Crippen LogP contribution in [-0.2, 0) is 9.53 Å². The van der Waals surface area contributed by atoms with Gasteiger partial charge < -0.3 is 25.8 Å². The molecule has 1 atom stereocenters. The lowest BCUT2D eigenvalue weighted by Gasteiger charge is -2.10. The molecule has 2 aromatic rings. The van der Waals surface area contributed by atoms with Crippen LogP contribution in [0.4, 0.5) is 10.1 Å². The van der Waals surface area contributed by atoms with Gasteiger partial charge in [0.25, 0.3) is 11.8 Å². The maximum atomic E-state index is 14.1. The molecule has 9 heteroatoms. The summed E-state index contributed by atoms with van der Waals surface area (Å²) in [7, 11) is 4.93. The standard InChI is InChI=1S/C15H12FN3O.C5H9NO2.C3H8O/c1-3-9-5-4-6-10(7-9)13-11(16)8-12(18-2)14(19-13)15(17)20;1-6-3-2-4(7)5(6)8;1-3-4-2/h1,4-8,18H,2H3,(H2,17,20);4,7H,2-3H2,1H3;3H2,1-2H3/t;4-;/m.0./s1. The summed E-state index contributed by atoms with van der Waals surface area (Å²) in [5, 5.41) is 11.5. The van der Waals surface area contributed by atoms with Gasteiger partial charge in [0.05, 0.1) is 5.69 Å². The first-order valence-electron chi connectivity index (χ1n) is 9.87. The minimum Gasteiger partial charge on any atom is -0.386 e. The Kier molecular flexibility index (Phi) is 10.8. The monoisotopic (exact) mass is 444 g/mol. The molecule has 172 valence electrons. The topological polar surface area (TPSA) is 118 Å². The van der Waals surface area contributed by atoms with E-state index in [-0.39, 0.29) is 23.0 Å². The second-order valence-electron chi connectivity index (χ2n) is 6.70. The summed E-state index contributed by atoms with van der Waals surface area (Å²) in [6.45, 7) is 3.47. The lowest BCUT2D eigenvalue weighted by molar-refractivity contribution is -0.133. The zero-order valence-corrected chi connectivity index (χ0v) is 18.7. The molecule has 1 saturated heterocycles. The summed E-state index contributed by atoms with van der Waals surface area (Å²) < 4.78 is 18.6. The van der Waals surface area contributed by atoms with Gasteiger partial charge in [-0.3, -0.25) is 9.59 Å². The summed E-state index contributed by atoms with van der Waals surface area (Å²) in [4.78, 5) is 27.5. The molecule has 0 bridgehead atoms. The van der Waals surface area contributed by atoms with Crippen LogP contribution in [0.5, 0.6) is 0 Å². The molecule has 1 aromatic heterocycles. The van der Waals surface area contributed by atoms with Gasteiger partial charge in [0, 0.05) is 51.6 Å². The fourth-order valence-corrected chi connectivity index (χ4v) is 2.63. The van der Waals surface area contributed by atoms with E-state index >= 15 is 0 Å². The van der Waals surface area contributed by atoms with Crippen molar-refractivity contribution in [3.8, 4) is 23.6 Å². The normalized spacial score (nSPS) is 14.5. The molecular formula is C23H29FN4O4. The number of aliphatic hydroxyl groups excluding tert-OH is 1. The Morgan fingerprint density at radius 2 is 2.12 bits per heavy atom. The molecule has 2 amide bonds. The predicted octanol–water partition coefficient (Wildman–Crippen LogP) is 1.87. The Bertz CT molecular complexity index is 961. The van der Waals surface area contributed by atoms with E-state index in [4.69, 9.17) is 17.3 Å². The Hall–Kier alpha value is -3.48. The lowest BCUT2D eigenvalue weighted by Crippen LogP contribution is -2.24. The van der Waals surface area contributed by atoms with Crippen LogP contribution < -0.4 is 11.1 Å². The number of halogens is 1. The number of aromatic nitrogens is 1. The van der Waals surface area contributed by atoms with Crippen LogP contribution >= 0.6 is 0 Å². The minimum atomic E-state index is -0.733. The molecule has 0 unspecified atom stereocenters. The molecule has 8 nitrogen and oxygen atoms in total. The third-order valence-electron chi connectivity index (χ3n) is 4.47. The number of ether oxygens (including phenoxy) is 1. The second-order valence-corrected chi connectivity index (χ2v) is 6.70. The highest BCUT2D eigenvalue weighted by molar-refractivity contribution is 5.97. The van der Waals surface area contributed by atoms with Crippen LogP contribution in [-0.4, -0.2) is 67.3 Å². The number of rotatable bonds is 4. The van der Waals surface area contributed by atoms with Gasteiger partial charge in [-0.2, -0.15) is 0 Å². The SMILES string of the molecule is C#Cc1cccc(-c2nc(C(N)=O)c(NC)cc2F)c1.CCOC.CN1CC[C@H](O)C1=O. The highest BCUT2D eigenvalue weighted by Crippen LogP contribution is 2.25. The van der Waals surface area contributed by atoms with E-state index in [0.717, 1.165) is 6.61 Å². The van der Waals surface area contributed by atoms with Crippen LogP contribution in [0.1, 0.15) is 29.4 Å². The van der Waals surface area contributed by atoms with Crippen molar-refractivity contribution in [3.63, 3.8) is 0 Å². The summed E-state index contributed by atoms with van der Waals surface area (Å²) in [6, 6.07) is 7.89. The third-order valence-corrected chi connectivity index (χ3v) is 4.47. The Balaban J connectivity index is 0.000000350. The smallest absolute Gasteiger partial charge is 0.269 e. The molecule has 4 N–H and O–H groups in total. The molecule has 0 saturated carbocycles. The van der Waals surface area contributed by atoms with Crippen LogP contribution in [0.25, 0.3) is 11.3 Å². The van der Waals surface area contributed by atoms with E-state index in [1.54, 1.807) is 45.5 Å². The van der Waals surface area contributed by atoms with Gasteiger partial charge in [-0.25, -0.2) is 9.37 Å². The lowest BCUT2D eigenvalue weighted by atomic mass is 10.1. The largest absolute Gasteiger partial charge is 0.386 e. The van der Waals surface area contributed by atoms with Crippen molar-refractivity contribution in [2.24, 2.45) is 5.73 Å². The molecule has 1 fully saturated rings. The van der Waals surface area contributed by atoms with E-state index in [1.807, 2.05) is 6.92 Å². The van der Waals surface area contributed by atoms with Gasteiger partial charge in [-0.1, -0.05) is 18.1 Å². The van der Waals surface area contributed by atoms with Gasteiger partial charge in [0.1, 0.15) is 11.8 Å². The van der Waals surface area contributed by atoms with Crippen molar-refractivity contribution in [1.29, 1.82) is 0 Å². The van der Waals surface area contributed by atoms with E-state index in [1.165, 1.54) is 11.0 Å². The molecule has 32 heavy (non-hydrogen) atoms.